The Morgan fingerprint density at radius 2 is 1.62 bits per heavy atom. The number of hydrogen-bond acceptors (Lipinski definition) is 4. The minimum atomic E-state index is -3.62. The molecule has 32 heavy (non-hydrogen) atoms. The number of carbonyl (C=O) groups excluding carboxylic acids is 2. The van der Waals surface area contributed by atoms with Crippen LogP contribution < -0.4 is 10.2 Å². The molecule has 3 aromatic carbocycles. The normalized spacial score (nSPS) is 13.6. The van der Waals surface area contributed by atoms with Crippen LogP contribution >= 0.6 is 0 Å². The fourth-order valence-corrected chi connectivity index (χ4v) is 5.09. The van der Waals surface area contributed by atoms with Gasteiger partial charge in [0.25, 0.3) is 5.91 Å². The Labute approximate surface area is 187 Å². The molecule has 1 aliphatic heterocycles. The van der Waals surface area contributed by atoms with Gasteiger partial charge in [-0.05, 0) is 42.0 Å². The molecular weight excluding hydrogens is 426 g/mol. The first-order valence-corrected chi connectivity index (χ1v) is 11.7. The summed E-state index contributed by atoms with van der Waals surface area (Å²) in [7, 11) is -3.62. The summed E-state index contributed by atoms with van der Waals surface area (Å²) in [5.74, 6) is -0.540. The summed E-state index contributed by atoms with van der Waals surface area (Å²) in [5.41, 5.74) is 2.43. The molecular formula is C24H23N3O4S. The van der Waals surface area contributed by atoms with Crippen LogP contribution in [0.1, 0.15) is 22.8 Å². The Bertz CT molecular complexity index is 1240. The van der Waals surface area contributed by atoms with E-state index in [0.29, 0.717) is 23.5 Å². The SMILES string of the molecule is CCN(Cc1ccc(C(=O)N2CC(=O)Nc3ccccc32)cc1)S(=O)(=O)c1ccccc1. The lowest BCUT2D eigenvalue weighted by Gasteiger charge is -2.29. The van der Waals surface area contributed by atoms with Crippen LogP contribution in [-0.2, 0) is 21.4 Å². The highest BCUT2D eigenvalue weighted by Crippen LogP contribution is 2.30. The van der Waals surface area contributed by atoms with Crippen LogP contribution in [0.2, 0.25) is 0 Å². The van der Waals surface area contributed by atoms with Gasteiger partial charge in [0.1, 0.15) is 6.54 Å². The van der Waals surface area contributed by atoms with Crippen LogP contribution in [0, 0.1) is 0 Å². The van der Waals surface area contributed by atoms with Gasteiger partial charge in [-0.15, -0.1) is 0 Å². The van der Waals surface area contributed by atoms with E-state index >= 15 is 0 Å². The first kappa shape index (κ1) is 21.7. The van der Waals surface area contributed by atoms with Crippen molar-refractivity contribution < 1.29 is 18.0 Å². The number of hydrogen-bond donors (Lipinski definition) is 1. The van der Waals surface area contributed by atoms with Crippen LogP contribution in [0.5, 0.6) is 0 Å². The van der Waals surface area contributed by atoms with Gasteiger partial charge < -0.3 is 5.32 Å². The van der Waals surface area contributed by atoms with Crippen molar-refractivity contribution in [2.75, 3.05) is 23.3 Å². The van der Waals surface area contributed by atoms with Gasteiger partial charge in [0.05, 0.1) is 16.3 Å². The topological polar surface area (TPSA) is 86.8 Å². The predicted octanol–water partition coefficient (Wildman–Crippen LogP) is 3.50. The Hall–Kier alpha value is -3.49. The van der Waals surface area contributed by atoms with Gasteiger partial charge in [0, 0.05) is 18.7 Å². The molecule has 0 saturated carbocycles. The second-order valence-corrected chi connectivity index (χ2v) is 9.34. The van der Waals surface area contributed by atoms with Crippen molar-refractivity contribution in [3.8, 4) is 0 Å². The molecule has 0 unspecified atom stereocenters. The van der Waals surface area contributed by atoms with Crippen LogP contribution in [0.3, 0.4) is 0 Å². The molecule has 8 heteroatoms. The number of sulfonamides is 1. The predicted molar refractivity (Wildman–Crippen MR) is 123 cm³/mol. The lowest BCUT2D eigenvalue weighted by Crippen LogP contribution is -2.42. The zero-order valence-corrected chi connectivity index (χ0v) is 18.4. The number of rotatable bonds is 6. The summed E-state index contributed by atoms with van der Waals surface area (Å²) in [6.07, 6.45) is 0. The zero-order valence-electron chi connectivity index (χ0n) is 17.6. The highest BCUT2D eigenvalue weighted by Gasteiger charge is 2.28. The van der Waals surface area contributed by atoms with Crippen LogP contribution in [0.4, 0.5) is 11.4 Å². The third-order valence-corrected chi connectivity index (χ3v) is 7.24. The Balaban J connectivity index is 1.53. The Morgan fingerprint density at radius 1 is 0.969 bits per heavy atom. The summed E-state index contributed by atoms with van der Waals surface area (Å²) in [6.45, 7) is 2.24. The third-order valence-electron chi connectivity index (χ3n) is 5.31. The molecule has 0 aliphatic carbocycles. The average molecular weight is 450 g/mol. The number of para-hydroxylation sites is 2. The highest BCUT2D eigenvalue weighted by atomic mass is 32.2. The fraction of sp³-hybridized carbons (Fsp3) is 0.167. The van der Waals surface area contributed by atoms with E-state index < -0.39 is 10.0 Å². The van der Waals surface area contributed by atoms with Gasteiger partial charge in [0.15, 0.2) is 0 Å². The summed E-state index contributed by atoms with van der Waals surface area (Å²) < 4.78 is 27.2. The second kappa shape index (κ2) is 8.94. The molecule has 2 amide bonds. The van der Waals surface area contributed by atoms with Crippen molar-refractivity contribution >= 4 is 33.2 Å². The first-order chi connectivity index (χ1) is 15.4. The Morgan fingerprint density at radius 3 is 2.31 bits per heavy atom. The van der Waals surface area contributed by atoms with E-state index in [1.807, 2.05) is 6.07 Å². The van der Waals surface area contributed by atoms with Crippen molar-refractivity contribution in [3.63, 3.8) is 0 Å². The zero-order chi connectivity index (χ0) is 22.7. The van der Waals surface area contributed by atoms with E-state index in [0.717, 1.165) is 5.56 Å². The van der Waals surface area contributed by atoms with E-state index in [2.05, 4.69) is 5.32 Å². The van der Waals surface area contributed by atoms with Crippen molar-refractivity contribution in [1.29, 1.82) is 0 Å². The van der Waals surface area contributed by atoms with Gasteiger partial charge in [-0.3, -0.25) is 14.5 Å². The second-order valence-electron chi connectivity index (χ2n) is 7.40. The molecule has 3 aromatic rings. The van der Waals surface area contributed by atoms with Crippen molar-refractivity contribution in [2.45, 2.75) is 18.4 Å². The number of anilines is 2. The van der Waals surface area contributed by atoms with Gasteiger partial charge >= 0.3 is 0 Å². The maximum Gasteiger partial charge on any atom is 0.258 e. The fourth-order valence-electron chi connectivity index (χ4n) is 3.63. The minimum absolute atomic E-state index is 0.0590. The summed E-state index contributed by atoms with van der Waals surface area (Å²) in [5, 5.41) is 2.77. The molecule has 0 spiro atoms. The molecule has 4 rings (SSSR count). The summed E-state index contributed by atoms with van der Waals surface area (Å²) in [6, 6.07) is 22.3. The van der Waals surface area contributed by atoms with Gasteiger partial charge in [-0.2, -0.15) is 4.31 Å². The molecule has 1 aliphatic rings. The monoisotopic (exact) mass is 449 g/mol. The third kappa shape index (κ3) is 4.28. The number of fused-ring (bicyclic) bond motifs is 1. The summed E-state index contributed by atoms with van der Waals surface area (Å²) >= 11 is 0. The maximum absolute atomic E-state index is 13.1. The summed E-state index contributed by atoms with van der Waals surface area (Å²) in [4.78, 5) is 26.8. The largest absolute Gasteiger partial charge is 0.323 e. The van der Waals surface area contributed by atoms with Crippen LogP contribution in [0.15, 0.2) is 83.8 Å². The van der Waals surface area contributed by atoms with Gasteiger partial charge in [-0.25, -0.2) is 8.42 Å². The lowest BCUT2D eigenvalue weighted by atomic mass is 10.1. The van der Waals surface area contributed by atoms with E-state index in [4.69, 9.17) is 0 Å². The minimum Gasteiger partial charge on any atom is -0.323 e. The maximum atomic E-state index is 13.1. The first-order valence-electron chi connectivity index (χ1n) is 10.2. The van der Waals surface area contributed by atoms with Crippen LogP contribution in [-0.4, -0.2) is 37.6 Å². The molecule has 0 atom stereocenters. The van der Waals surface area contributed by atoms with Crippen LogP contribution in [0.25, 0.3) is 0 Å². The Kier molecular flexibility index (Phi) is 6.07. The van der Waals surface area contributed by atoms with E-state index in [9.17, 15) is 18.0 Å². The van der Waals surface area contributed by atoms with E-state index in [1.54, 1.807) is 79.7 Å². The number of amides is 2. The number of carbonyl (C=O) groups is 2. The molecule has 0 fully saturated rings. The van der Waals surface area contributed by atoms with Crippen molar-refractivity contribution in [3.05, 3.63) is 90.0 Å². The van der Waals surface area contributed by atoms with Crippen molar-refractivity contribution in [2.24, 2.45) is 0 Å². The van der Waals surface area contributed by atoms with Crippen molar-refractivity contribution in [1.82, 2.24) is 4.31 Å². The molecule has 0 radical (unpaired) electrons. The quantitative estimate of drug-likeness (QED) is 0.624. The molecule has 0 aromatic heterocycles. The van der Waals surface area contributed by atoms with Gasteiger partial charge in [-0.1, -0.05) is 49.4 Å². The number of nitrogens with zero attached hydrogens (tertiary/aromatic N) is 2. The lowest BCUT2D eigenvalue weighted by molar-refractivity contribution is -0.115. The standard InChI is InChI=1S/C24H23N3O4S/c1-2-26(32(30,31)20-8-4-3-5-9-20)16-18-12-14-19(15-13-18)24(29)27-17-23(28)25-21-10-6-7-11-22(21)27/h3-15H,2,16-17H2,1H3,(H,25,28). The van der Waals surface area contributed by atoms with E-state index in [1.165, 1.54) is 9.21 Å². The van der Waals surface area contributed by atoms with Gasteiger partial charge in [0.2, 0.25) is 15.9 Å². The molecule has 0 saturated heterocycles. The number of nitrogens with one attached hydrogen (secondary N) is 1. The van der Waals surface area contributed by atoms with E-state index in [-0.39, 0.29) is 29.8 Å². The average Bonchev–Trinajstić information content (AvgIpc) is 2.82. The molecule has 164 valence electrons. The molecule has 1 heterocycles. The number of benzene rings is 3. The molecule has 1 N–H and O–H groups in total. The highest BCUT2D eigenvalue weighted by molar-refractivity contribution is 7.89. The molecule has 7 nitrogen and oxygen atoms in total. The molecule has 0 bridgehead atoms. The smallest absolute Gasteiger partial charge is 0.258 e.